The zero-order chi connectivity index (χ0) is 37.2. The van der Waals surface area contributed by atoms with Crippen molar-refractivity contribution in [1.82, 2.24) is 15.2 Å². The van der Waals surface area contributed by atoms with E-state index in [1.165, 1.54) is 27.8 Å². The molecule has 4 N–H and O–H groups in total. The largest absolute Gasteiger partial charge is 0.488 e. The fourth-order valence-electron chi connectivity index (χ4n) is 6.15. The molecule has 5 aromatic rings. The lowest BCUT2D eigenvalue weighted by molar-refractivity contribution is -0.139. The summed E-state index contributed by atoms with van der Waals surface area (Å²) in [5.74, 6) is -0.0533. The number of nitrogens with zero attached hydrogens (tertiary/aromatic N) is 2. The topological polar surface area (TPSA) is 116 Å². The molecule has 0 radical (unpaired) electrons. The molecule has 272 valence electrons. The van der Waals surface area contributed by atoms with E-state index >= 15 is 0 Å². The lowest BCUT2D eigenvalue weighted by atomic mass is 9.89. The van der Waals surface area contributed by atoms with Crippen molar-refractivity contribution in [3.8, 4) is 33.8 Å². The highest BCUT2D eigenvalue weighted by atomic mass is 35.5. The van der Waals surface area contributed by atoms with Crippen molar-refractivity contribution in [1.29, 1.82) is 0 Å². The molecule has 0 spiro atoms. The number of pyridine rings is 1. The van der Waals surface area contributed by atoms with Crippen LogP contribution in [0.25, 0.3) is 22.3 Å². The van der Waals surface area contributed by atoms with Crippen LogP contribution in [0.2, 0.25) is 5.02 Å². The third-order valence-corrected chi connectivity index (χ3v) is 9.21. The summed E-state index contributed by atoms with van der Waals surface area (Å²) in [7, 11) is 5.98. The number of carboxylic acid groups (broad SMARTS) is 1. The summed E-state index contributed by atoms with van der Waals surface area (Å²) >= 11 is 6.78. The molecule has 0 saturated heterocycles. The van der Waals surface area contributed by atoms with E-state index in [1.807, 2.05) is 13.1 Å². The van der Waals surface area contributed by atoms with Gasteiger partial charge in [-0.25, -0.2) is 0 Å². The summed E-state index contributed by atoms with van der Waals surface area (Å²) < 4.78 is 12.6. The average molecular weight is 723 g/mol. The molecule has 0 fully saturated rings. The maximum Gasteiger partial charge on any atom is 0.306 e. The predicted molar refractivity (Wildman–Crippen MR) is 208 cm³/mol. The zero-order valence-corrected chi connectivity index (χ0v) is 31.1. The van der Waals surface area contributed by atoms with Crippen molar-refractivity contribution < 1.29 is 24.5 Å². The molecule has 1 aromatic heterocycles. The Morgan fingerprint density at radius 1 is 0.846 bits per heavy atom. The van der Waals surface area contributed by atoms with E-state index in [2.05, 4.69) is 109 Å². The van der Waals surface area contributed by atoms with Crippen LogP contribution in [0, 0.1) is 13.8 Å². The van der Waals surface area contributed by atoms with E-state index in [-0.39, 0.29) is 26.2 Å². The van der Waals surface area contributed by atoms with E-state index in [9.17, 15) is 9.90 Å². The fourth-order valence-corrected chi connectivity index (χ4v) is 6.39. The van der Waals surface area contributed by atoms with Crippen LogP contribution in [0.4, 0.5) is 5.69 Å². The van der Waals surface area contributed by atoms with Gasteiger partial charge in [-0.1, -0.05) is 72.3 Å². The fraction of sp³-hybridized carbons (Fsp3) is 0.286. The van der Waals surface area contributed by atoms with Gasteiger partial charge in [0.05, 0.1) is 23.2 Å². The van der Waals surface area contributed by atoms with Gasteiger partial charge in [-0.05, 0) is 84.6 Å². The number of aliphatic hydroxyl groups excluding tert-OH is 1. The maximum absolute atomic E-state index is 11.0. The number of ether oxygens (including phenoxy) is 2. The number of aliphatic hydroxyl groups is 1. The molecule has 0 aliphatic carbocycles. The monoisotopic (exact) mass is 722 g/mol. The summed E-state index contributed by atoms with van der Waals surface area (Å²) in [5.41, 5.74) is 11.8. The highest BCUT2D eigenvalue weighted by Gasteiger charge is 2.16. The molecule has 0 saturated carbocycles. The van der Waals surface area contributed by atoms with Crippen LogP contribution in [0.15, 0.2) is 91.3 Å². The van der Waals surface area contributed by atoms with E-state index < -0.39 is 12.1 Å². The lowest BCUT2D eigenvalue weighted by Gasteiger charge is -2.19. The number of hydrogen-bond acceptors (Lipinski definition) is 8. The van der Waals surface area contributed by atoms with Crippen LogP contribution in [0.3, 0.4) is 0 Å². The minimum Gasteiger partial charge on any atom is -0.488 e. The van der Waals surface area contributed by atoms with Gasteiger partial charge in [-0.15, -0.1) is 0 Å². The number of nitrogens with one attached hydrogen (secondary N) is 2. The van der Waals surface area contributed by atoms with E-state index in [4.69, 9.17) is 26.2 Å². The molecule has 52 heavy (non-hydrogen) atoms. The quantitative estimate of drug-likeness (QED) is 0.0761. The Hall–Kier alpha value is -4.93. The molecular weight excluding hydrogens is 676 g/mol. The summed E-state index contributed by atoms with van der Waals surface area (Å²) in [6, 6.07) is 27.0. The number of aliphatic carboxylic acids is 1. The molecular formula is C42H47ClN4O5. The number of hydrogen-bond donors (Lipinski definition) is 4. The minimum absolute atomic E-state index is 0.0940. The van der Waals surface area contributed by atoms with Crippen molar-refractivity contribution in [2.75, 3.05) is 33.0 Å². The van der Waals surface area contributed by atoms with Crippen molar-refractivity contribution >= 4 is 23.3 Å². The number of carboxylic acids is 1. The first-order chi connectivity index (χ1) is 25.0. The highest BCUT2D eigenvalue weighted by molar-refractivity contribution is 6.32. The second-order valence-corrected chi connectivity index (χ2v) is 13.6. The molecule has 1 heterocycles. The molecule has 4 aromatic carbocycles. The number of anilines is 1. The van der Waals surface area contributed by atoms with Gasteiger partial charge in [0.2, 0.25) is 0 Å². The smallest absolute Gasteiger partial charge is 0.306 e. The first-order valence-electron chi connectivity index (χ1n) is 17.2. The summed E-state index contributed by atoms with van der Waals surface area (Å²) in [5, 5.41) is 25.6. The number of carbonyl (C=O) groups is 1. The van der Waals surface area contributed by atoms with Gasteiger partial charge in [0.1, 0.15) is 24.7 Å². The molecule has 9 nitrogen and oxygen atoms in total. The molecule has 0 unspecified atom stereocenters. The van der Waals surface area contributed by atoms with Gasteiger partial charge in [0.15, 0.2) is 0 Å². The Morgan fingerprint density at radius 2 is 1.54 bits per heavy atom. The lowest BCUT2D eigenvalue weighted by Crippen LogP contribution is -2.28. The Labute approximate surface area is 311 Å². The van der Waals surface area contributed by atoms with Crippen LogP contribution in [0.1, 0.15) is 39.8 Å². The molecule has 0 aliphatic heterocycles. The van der Waals surface area contributed by atoms with Crippen LogP contribution in [0.5, 0.6) is 11.5 Å². The van der Waals surface area contributed by atoms with Crippen molar-refractivity contribution in [2.24, 2.45) is 0 Å². The van der Waals surface area contributed by atoms with Crippen molar-refractivity contribution in [3.63, 3.8) is 0 Å². The first-order valence-corrected chi connectivity index (χ1v) is 17.6. The first kappa shape index (κ1) is 38.3. The SMILES string of the molecule is CNc1cncc(COc2cc(OCc3cccc(-c4cccc(-c5ccc(CN(C)C)cc5)c4C)c3C)c(Cl)cc2CNC[C@@H](O)CC(=O)O)c1. The Bertz CT molecular complexity index is 1980. The van der Waals surface area contributed by atoms with Gasteiger partial charge >= 0.3 is 5.97 Å². The molecule has 1 atom stereocenters. The van der Waals surface area contributed by atoms with E-state index in [1.54, 1.807) is 24.5 Å². The number of aromatic nitrogens is 1. The third kappa shape index (κ3) is 10.1. The summed E-state index contributed by atoms with van der Waals surface area (Å²) in [4.78, 5) is 17.4. The predicted octanol–water partition coefficient (Wildman–Crippen LogP) is 7.87. The standard InChI is InChI=1S/C42H47ClN4O5/c1-27-32(8-6-10-37(27)38-11-7-9-36(28(38)2)31-14-12-29(13-15-31)24-47(4)5)26-52-41-19-40(51-25-30-16-34(44-3)22-45-20-30)33(17-39(41)43)21-46-23-35(48)18-42(49)50/h6-17,19-20,22,35,44,46,48H,18,21,23-26H2,1-5H3,(H,49,50)/t35-/m0/s1. The van der Waals surface area contributed by atoms with Crippen molar-refractivity contribution in [2.45, 2.75) is 52.7 Å². The van der Waals surface area contributed by atoms with Gasteiger partial charge < -0.3 is 35.2 Å². The summed E-state index contributed by atoms with van der Waals surface area (Å²) in [6.45, 7) is 6.12. The highest BCUT2D eigenvalue weighted by Crippen LogP contribution is 2.37. The van der Waals surface area contributed by atoms with E-state index in [0.29, 0.717) is 23.1 Å². The van der Waals surface area contributed by atoms with Crippen LogP contribution < -0.4 is 20.1 Å². The van der Waals surface area contributed by atoms with Gasteiger partial charge in [0.25, 0.3) is 0 Å². The maximum atomic E-state index is 11.0. The Kier molecular flexibility index (Phi) is 13.3. The molecule has 0 aliphatic rings. The normalized spacial score (nSPS) is 11.8. The molecule has 10 heteroatoms. The Balaban J connectivity index is 1.36. The van der Waals surface area contributed by atoms with E-state index in [0.717, 1.165) is 40.0 Å². The number of benzene rings is 4. The van der Waals surface area contributed by atoms with Gasteiger partial charge in [-0.3, -0.25) is 9.78 Å². The second kappa shape index (κ2) is 18.0. The summed E-state index contributed by atoms with van der Waals surface area (Å²) in [6.07, 6.45) is 2.09. The van der Waals surface area contributed by atoms with Crippen LogP contribution in [-0.4, -0.2) is 59.9 Å². The van der Waals surface area contributed by atoms with Crippen LogP contribution in [-0.2, 0) is 31.1 Å². The van der Waals surface area contributed by atoms with Crippen molar-refractivity contribution in [3.05, 3.63) is 130 Å². The molecule has 0 bridgehead atoms. The second-order valence-electron chi connectivity index (χ2n) is 13.2. The number of rotatable bonds is 17. The van der Waals surface area contributed by atoms with Crippen LogP contribution >= 0.6 is 11.6 Å². The average Bonchev–Trinajstić information content (AvgIpc) is 3.11. The zero-order valence-electron chi connectivity index (χ0n) is 30.4. The van der Waals surface area contributed by atoms with Gasteiger partial charge in [0, 0.05) is 56.3 Å². The third-order valence-electron chi connectivity index (χ3n) is 8.92. The molecule has 5 rings (SSSR count). The Morgan fingerprint density at radius 3 is 2.25 bits per heavy atom. The number of halogens is 1. The molecule has 0 amide bonds. The van der Waals surface area contributed by atoms with Gasteiger partial charge in [-0.2, -0.15) is 0 Å². The minimum atomic E-state index is -1.06.